The molecule has 0 fully saturated rings. The molecule has 2 aromatic heterocycles. The minimum atomic E-state index is -0.395. The second kappa shape index (κ2) is 15.3. The Labute approximate surface area is 222 Å². The van der Waals surface area contributed by atoms with E-state index >= 15 is 0 Å². The van der Waals surface area contributed by atoms with Crippen LogP contribution < -0.4 is 4.74 Å². The summed E-state index contributed by atoms with van der Waals surface area (Å²) in [6.45, 7) is 8.92. The Morgan fingerprint density at radius 1 is 0.919 bits per heavy atom. The molecule has 0 atom stereocenters. The predicted molar refractivity (Wildman–Crippen MR) is 153 cm³/mol. The van der Waals surface area contributed by atoms with E-state index in [1.165, 1.54) is 57.8 Å². The molecule has 202 valence electrons. The van der Waals surface area contributed by atoms with Crippen molar-refractivity contribution in [3.63, 3.8) is 0 Å². The first-order valence-electron chi connectivity index (χ1n) is 14.3. The third kappa shape index (κ3) is 8.51. The van der Waals surface area contributed by atoms with Crippen molar-refractivity contribution in [2.75, 3.05) is 13.2 Å². The van der Waals surface area contributed by atoms with Crippen LogP contribution in [0, 0.1) is 6.92 Å². The Kier molecular flexibility index (Phi) is 11.8. The Morgan fingerprint density at radius 3 is 2.30 bits per heavy atom. The molecular formula is C31H45N3O3. The van der Waals surface area contributed by atoms with E-state index in [9.17, 15) is 4.79 Å². The molecule has 0 spiro atoms. The monoisotopic (exact) mass is 507 g/mol. The maximum atomic E-state index is 13.0. The zero-order valence-electron chi connectivity index (χ0n) is 23.3. The number of aromatic amines is 2. The standard InChI is InChI=1S/C31H45N3O3/c1-5-8-9-10-11-12-13-14-15-16-24-18-19-25(33-24)22-27-30(37-21-6-2)28(31(35)36-7-3)29(34-27)26-20-17-23(4)32-26/h17-20,22,32,34H,5-16,21H2,1-4H3/b25-22+. The van der Waals surface area contributed by atoms with Gasteiger partial charge in [-0.1, -0.05) is 65.2 Å². The van der Waals surface area contributed by atoms with E-state index in [2.05, 4.69) is 23.0 Å². The summed E-state index contributed by atoms with van der Waals surface area (Å²) in [6, 6.07) is 3.94. The Bertz CT molecular complexity index is 1090. The number of H-pyrrole nitrogens is 2. The van der Waals surface area contributed by atoms with Crippen molar-refractivity contribution in [1.29, 1.82) is 0 Å². The van der Waals surface area contributed by atoms with Crippen molar-refractivity contribution in [2.24, 2.45) is 4.99 Å². The van der Waals surface area contributed by atoms with Gasteiger partial charge in [0.05, 0.1) is 36.0 Å². The molecule has 0 unspecified atom stereocenters. The van der Waals surface area contributed by atoms with Crippen molar-refractivity contribution in [3.05, 3.63) is 46.9 Å². The fourth-order valence-corrected chi connectivity index (χ4v) is 4.61. The van der Waals surface area contributed by atoms with Crippen LogP contribution >= 0.6 is 0 Å². The average Bonchev–Trinajstić information content (AvgIpc) is 3.61. The minimum Gasteiger partial charge on any atom is -0.490 e. The van der Waals surface area contributed by atoms with Crippen LogP contribution in [0.15, 0.2) is 35.0 Å². The third-order valence-corrected chi connectivity index (χ3v) is 6.56. The smallest absolute Gasteiger partial charge is 0.344 e. The van der Waals surface area contributed by atoms with Gasteiger partial charge < -0.3 is 19.4 Å². The number of carbonyl (C=O) groups is 1. The van der Waals surface area contributed by atoms with E-state index in [0.717, 1.165) is 41.3 Å². The van der Waals surface area contributed by atoms with Crippen molar-refractivity contribution in [2.45, 2.75) is 98.3 Å². The molecule has 3 rings (SSSR count). The number of aryl methyl sites for hydroxylation is 1. The molecule has 1 aliphatic rings. The highest BCUT2D eigenvalue weighted by Gasteiger charge is 2.27. The minimum absolute atomic E-state index is 0.298. The summed E-state index contributed by atoms with van der Waals surface area (Å²) in [4.78, 5) is 24.6. The van der Waals surface area contributed by atoms with Crippen LogP contribution in [-0.2, 0) is 4.74 Å². The maximum Gasteiger partial charge on any atom is 0.344 e. The van der Waals surface area contributed by atoms with Crippen LogP contribution in [0.3, 0.4) is 0 Å². The van der Waals surface area contributed by atoms with E-state index in [1.807, 2.05) is 45.1 Å². The number of allylic oxidation sites excluding steroid dienone is 2. The first kappa shape index (κ1) is 28.5. The summed E-state index contributed by atoms with van der Waals surface area (Å²) in [5, 5.41) is 0. The van der Waals surface area contributed by atoms with Crippen molar-refractivity contribution >= 4 is 17.8 Å². The van der Waals surface area contributed by atoms with Gasteiger partial charge in [0.25, 0.3) is 0 Å². The number of ether oxygens (including phenoxy) is 2. The second-order valence-corrected chi connectivity index (χ2v) is 9.83. The number of aliphatic imine (C=N–C) groups is 1. The van der Waals surface area contributed by atoms with E-state index in [0.29, 0.717) is 30.2 Å². The number of hydrogen-bond acceptors (Lipinski definition) is 4. The topological polar surface area (TPSA) is 79.5 Å². The zero-order valence-corrected chi connectivity index (χ0v) is 23.3. The molecule has 0 aromatic carbocycles. The number of aromatic nitrogens is 2. The van der Waals surface area contributed by atoms with Gasteiger partial charge in [0.1, 0.15) is 5.56 Å². The van der Waals surface area contributed by atoms with Crippen LogP contribution in [0.1, 0.15) is 113 Å². The summed E-state index contributed by atoms with van der Waals surface area (Å²) in [6.07, 6.45) is 19.8. The Hall–Kier alpha value is -3.02. The summed E-state index contributed by atoms with van der Waals surface area (Å²) < 4.78 is 11.5. The molecule has 6 nitrogen and oxygen atoms in total. The first-order valence-corrected chi connectivity index (χ1v) is 14.3. The van der Waals surface area contributed by atoms with Crippen LogP contribution in [0.2, 0.25) is 0 Å². The molecule has 2 aromatic rings. The number of rotatable bonds is 17. The number of nitrogens with one attached hydrogen (secondary N) is 2. The lowest BCUT2D eigenvalue weighted by atomic mass is 10.1. The van der Waals surface area contributed by atoms with E-state index in [4.69, 9.17) is 14.5 Å². The number of nitrogens with zero attached hydrogens (tertiary/aromatic N) is 1. The predicted octanol–water partition coefficient (Wildman–Crippen LogP) is 8.56. The molecular weight excluding hydrogens is 462 g/mol. The van der Waals surface area contributed by atoms with Gasteiger partial charge >= 0.3 is 5.97 Å². The highest BCUT2D eigenvalue weighted by atomic mass is 16.5. The molecule has 6 heteroatoms. The Balaban J connectivity index is 1.71. The fourth-order valence-electron chi connectivity index (χ4n) is 4.61. The van der Waals surface area contributed by atoms with E-state index in [1.54, 1.807) is 0 Å². The third-order valence-electron chi connectivity index (χ3n) is 6.56. The highest BCUT2D eigenvalue weighted by molar-refractivity contribution is 6.02. The Morgan fingerprint density at radius 2 is 1.65 bits per heavy atom. The van der Waals surface area contributed by atoms with Crippen LogP contribution in [0.4, 0.5) is 0 Å². The zero-order chi connectivity index (χ0) is 26.5. The van der Waals surface area contributed by atoms with Crippen molar-refractivity contribution in [3.8, 4) is 17.1 Å². The van der Waals surface area contributed by atoms with Crippen LogP contribution in [0.25, 0.3) is 17.5 Å². The lowest BCUT2D eigenvalue weighted by molar-refractivity contribution is 0.0523. The molecule has 2 N–H and O–H groups in total. The van der Waals surface area contributed by atoms with Gasteiger partial charge in [-0.15, -0.1) is 0 Å². The summed E-state index contributed by atoms with van der Waals surface area (Å²) >= 11 is 0. The SMILES string of the molecule is CCCCCCCCCCCC1=N/C(=C/c2[nH]c(-c3ccc(C)[nH]3)c(C(=O)OCC)c2OCCC)C=C1. The summed E-state index contributed by atoms with van der Waals surface area (Å²) in [5.41, 5.74) is 5.63. The van der Waals surface area contributed by atoms with Gasteiger partial charge in [-0.25, -0.2) is 4.79 Å². The molecule has 0 radical (unpaired) electrons. The van der Waals surface area contributed by atoms with Gasteiger partial charge in [-0.3, -0.25) is 4.99 Å². The number of hydrogen-bond donors (Lipinski definition) is 2. The van der Waals surface area contributed by atoms with Crippen molar-refractivity contribution < 1.29 is 14.3 Å². The van der Waals surface area contributed by atoms with Crippen LogP contribution in [-0.4, -0.2) is 34.9 Å². The van der Waals surface area contributed by atoms with Gasteiger partial charge in [0.15, 0.2) is 5.75 Å². The van der Waals surface area contributed by atoms with Gasteiger partial charge in [-0.05, 0) is 63.5 Å². The lowest BCUT2D eigenvalue weighted by Gasteiger charge is -2.08. The lowest BCUT2D eigenvalue weighted by Crippen LogP contribution is -2.08. The molecule has 1 aliphatic heterocycles. The second-order valence-electron chi connectivity index (χ2n) is 9.83. The first-order chi connectivity index (χ1) is 18.1. The molecule has 0 saturated carbocycles. The summed E-state index contributed by atoms with van der Waals surface area (Å²) in [5.74, 6) is 0.124. The average molecular weight is 508 g/mol. The molecule has 3 heterocycles. The number of carbonyl (C=O) groups excluding carboxylic acids is 1. The molecule has 0 bridgehead atoms. The number of unbranched alkanes of at least 4 members (excludes halogenated alkanes) is 8. The maximum absolute atomic E-state index is 13.0. The van der Waals surface area contributed by atoms with Gasteiger partial charge in [0, 0.05) is 11.4 Å². The molecule has 0 aliphatic carbocycles. The normalized spacial score (nSPS) is 13.9. The molecule has 37 heavy (non-hydrogen) atoms. The van der Waals surface area contributed by atoms with E-state index < -0.39 is 5.97 Å². The van der Waals surface area contributed by atoms with E-state index in [-0.39, 0.29) is 0 Å². The number of esters is 1. The summed E-state index contributed by atoms with van der Waals surface area (Å²) in [7, 11) is 0. The van der Waals surface area contributed by atoms with Crippen molar-refractivity contribution in [1.82, 2.24) is 9.97 Å². The molecule has 0 saturated heterocycles. The molecule has 0 amide bonds. The highest BCUT2D eigenvalue weighted by Crippen LogP contribution is 2.36. The quantitative estimate of drug-likeness (QED) is 0.166. The van der Waals surface area contributed by atoms with Gasteiger partial charge in [0.2, 0.25) is 0 Å². The largest absolute Gasteiger partial charge is 0.490 e. The fraction of sp³-hybridized carbons (Fsp3) is 0.548. The van der Waals surface area contributed by atoms with Crippen LogP contribution in [0.5, 0.6) is 5.75 Å². The van der Waals surface area contributed by atoms with Gasteiger partial charge in [-0.2, -0.15) is 0 Å².